The summed E-state index contributed by atoms with van der Waals surface area (Å²) in [6, 6.07) is 0.779. The number of halogens is 1. The molecule has 0 spiro atoms. The summed E-state index contributed by atoms with van der Waals surface area (Å²) in [6.45, 7) is -0.665. The molecule has 1 aliphatic heterocycles. The van der Waals surface area contributed by atoms with Gasteiger partial charge < -0.3 is 34.5 Å². The normalized spacial score (nSPS) is 31.3. The second-order valence-corrected chi connectivity index (χ2v) is 10.7. The summed E-state index contributed by atoms with van der Waals surface area (Å²) in [4.78, 5) is 60.5. The van der Waals surface area contributed by atoms with Crippen molar-refractivity contribution >= 4 is 23.5 Å². The van der Waals surface area contributed by atoms with E-state index in [2.05, 4.69) is 19.1 Å². The average Bonchev–Trinajstić information content (AvgIpc) is 2.80. The van der Waals surface area contributed by atoms with Crippen LogP contribution in [-0.2, 0) is 31.6 Å². The van der Waals surface area contributed by atoms with Gasteiger partial charge in [0.25, 0.3) is 11.4 Å². The van der Waals surface area contributed by atoms with Crippen molar-refractivity contribution in [3.63, 3.8) is 0 Å². The number of nitrogens with one attached hydrogen (secondary N) is 1. The number of phosphoric ester groups is 1. The van der Waals surface area contributed by atoms with Crippen LogP contribution in [0, 0.1) is 11.8 Å². The number of H-pyrrole nitrogens is 1. The van der Waals surface area contributed by atoms with E-state index in [1.807, 2.05) is 5.92 Å². The Kier molecular flexibility index (Phi) is 7.77. The number of phosphoric acid groups is 3. The van der Waals surface area contributed by atoms with Crippen molar-refractivity contribution in [1.82, 2.24) is 9.55 Å². The van der Waals surface area contributed by atoms with Gasteiger partial charge in [-0.3, -0.25) is 18.9 Å². The molecule has 1 aromatic rings. The van der Waals surface area contributed by atoms with E-state index >= 15 is 4.39 Å². The second kappa shape index (κ2) is 9.25. The molecule has 2 rings (SSSR count). The minimum Gasteiger partial charge on any atom is -0.383 e. The van der Waals surface area contributed by atoms with Crippen LogP contribution in [0.3, 0.4) is 0 Å². The van der Waals surface area contributed by atoms with Gasteiger partial charge in [-0.1, -0.05) is 5.92 Å². The molecule has 2 heterocycles. The van der Waals surface area contributed by atoms with Gasteiger partial charge in [-0.05, 0) is 6.92 Å². The molecule has 186 valence electrons. The summed E-state index contributed by atoms with van der Waals surface area (Å²) in [5, 5.41) is 21.0. The van der Waals surface area contributed by atoms with Gasteiger partial charge in [-0.25, -0.2) is 22.9 Å². The molecule has 0 radical (unpaired) electrons. The number of nitrogens with zero attached hydrogens (tertiary/aromatic N) is 1. The van der Waals surface area contributed by atoms with E-state index in [0.29, 0.717) is 4.57 Å². The molecule has 17 nitrogen and oxygen atoms in total. The maximum Gasteiger partial charge on any atom is 0.490 e. The molecule has 33 heavy (non-hydrogen) atoms. The van der Waals surface area contributed by atoms with E-state index in [1.54, 1.807) is 4.98 Å². The van der Waals surface area contributed by atoms with E-state index in [9.17, 15) is 38.4 Å². The maximum absolute atomic E-state index is 15.3. The Hall–Kier alpha value is -1.54. The molecule has 0 bridgehead atoms. The van der Waals surface area contributed by atoms with Crippen molar-refractivity contribution in [3.05, 3.63) is 33.1 Å². The van der Waals surface area contributed by atoms with E-state index in [4.69, 9.17) is 19.4 Å². The Morgan fingerprint density at radius 1 is 1.21 bits per heavy atom. The maximum atomic E-state index is 15.3. The SMILES string of the molecule is CC#C[C@]1(O)[C@H](n2ccc(=O)[nH]c2=O)O[C@](F)(COP(=O)(O)OP(=O)(O)OP(=O)(O)O)[C@H]1O. The largest absolute Gasteiger partial charge is 0.490 e. The van der Waals surface area contributed by atoms with Crippen LogP contribution in [0.4, 0.5) is 4.39 Å². The molecule has 2 unspecified atom stereocenters. The molecule has 0 amide bonds. The van der Waals surface area contributed by atoms with Crippen LogP contribution in [0.15, 0.2) is 21.9 Å². The molecular weight excluding hydrogens is 524 g/mol. The van der Waals surface area contributed by atoms with Crippen LogP contribution < -0.4 is 11.2 Å². The second-order valence-electron chi connectivity index (χ2n) is 6.24. The Balaban J connectivity index is 2.33. The highest BCUT2D eigenvalue weighted by atomic mass is 31.3. The summed E-state index contributed by atoms with van der Waals surface area (Å²) < 4.78 is 65.3. The molecule has 0 aliphatic carbocycles. The molecule has 1 aromatic heterocycles. The first-order valence-corrected chi connectivity index (χ1v) is 12.7. The number of aliphatic hydroxyl groups excluding tert-OH is 1. The summed E-state index contributed by atoms with van der Waals surface area (Å²) in [5.74, 6) is 0.522. The first kappa shape index (κ1) is 27.7. The molecule has 21 heteroatoms. The summed E-state index contributed by atoms with van der Waals surface area (Å²) in [5.41, 5.74) is -5.00. The zero-order chi connectivity index (χ0) is 25.5. The Labute approximate surface area is 181 Å². The third-order valence-electron chi connectivity index (χ3n) is 3.78. The van der Waals surface area contributed by atoms with Crippen molar-refractivity contribution in [2.24, 2.45) is 0 Å². The average molecular weight is 540 g/mol. The highest BCUT2D eigenvalue weighted by Crippen LogP contribution is 2.66. The summed E-state index contributed by atoms with van der Waals surface area (Å²) in [7, 11) is -17.4. The predicted octanol–water partition coefficient (Wildman–Crippen LogP) is -1.81. The lowest BCUT2D eigenvalue weighted by molar-refractivity contribution is -0.204. The highest BCUT2D eigenvalue weighted by Gasteiger charge is 2.66. The zero-order valence-electron chi connectivity index (χ0n) is 16.0. The van der Waals surface area contributed by atoms with Crippen LogP contribution in [0.5, 0.6) is 0 Å². The van der Waals surface area contributed by atoms with Crippen LogP contribution >= 0.6 is 23.5 Å². The molecular formula is C12H16FN2O15P3. The van der Waals surface area contributed by atoms with Crippen LogP contribution in [-0.4, -0.2) is 63.5 Å². The predicted molar refractivity (Wildman–Crippen MR) is 99.5 cm³/mol. The summed E-state index contributed by atoms with van der Waals surface area (Å²) in [6.07, 6.45) is -4.11. The van der Waals surface area contributed by atoms with Crippen LogP contribution in [0.1, 0.15) is 13.2 Å². The van der Waals surface area contributed by atoms with Crippen molar-refractivity contribution in [2.45, 2.75) is 30.7 Å². The zero-order valence-corrected chi connectivity index (χ0v) is 18.7. The number of aromatic amines is 1. The highest BCUT2D eigenvalue weighted by molar-refractivity contribution is 7.66. The molecule has 1 fully saturated rings. The quantitative estimate of drug-likeness (QED) is 0.141. The monoisotopic (exact) mass is 540 g/mol. The van der Waals surface area contributed by atoms with Crippen molar-refractivity contribution < 1.29 is 65.8 Å². The number of hydrogen-bond acceptors (Lipinski definition) is 11. The smallest absolute Gasteiger partial charge is 0.383 e. The molecule has 1 saturated heterocycles. The third kappa shape index (κ3) is 6.53. The molecule has 0 aromatic carbocycles. The van der Waals surface area contributed by atoms with Gasteiger partial charge in [-0.2, -0.15) is 8.62 Å². The van der Waals surface area contributed by atoms with Crippen LogP contribution in [0.25, 0.3) is 0 Å². The number of alkyl halides is 1. The van der Waals surface area contributed by atoms with Gasteiger partial charge in [0.1, 0.15) is 6.61 Å². The molecule has 0 saturated carbocycles. The summed E-state index contributed by atoms with van der Waals surface area (Å²) >= 11 is 0. The van der Waals surface area contributed by atoms with E-state index in [-0.39, 0.29) is 0 Å². The lowest BCUT2D eigenvalue weighted by atomic mass is 9.93. The third-order valence-corrected chi connectivity index (χ3v) is 7.56. The van der Waals surface area contributed by atoms with E-state index < -0.39 is 65.1 Å². The Bertz CT molecular complexity index is 1230. The lowest BCUT2D eigenvalue weighted by Crippen LogP contribution is -2.51. The number of aromatic nitrogens is 2. The molecule has 1 aliphatic rings. The fourth-order valence-electron chi connectivity index (χ4n) is 2.60. The van der Waals surface area contributed by atoms with Gasteiger partial charge in [-0.15, -0.1) is 5.92 Å². The fourth-order valence-corrected chi connectivity index (χ4v) is 5.63. The number of aliphatic hydroxyl groups is 2. The molecule has 7 N–H and O–H groups in total. The van der Waals surface area contributed by atoms with Gasteiger partial charge in [0, 0.05) is 12.3 Å². The minimum atomic E-state index is -5.92. The Morgan fingerprint density at radius 3 is 2.33 bits per heavy atom. The van der Waals surface area contributed by atoms with E-state index in [0.717, 1.165) is 19.2 Å². The van der Waals surface area contributed by atoms with Crippen molar-refractivity contribution in [1.29, 1.82) is 0 Å². The number of ether oxygens (including phenoxy) is 1. The van der Waals surface area contributed by atoms with Crippen molar-refractivity contribution in [3.8, 4) is 11.8 Å². The number of rotatable bonds is 8. The first-order valence-electron chi connectivity index (χ1n) is 8.15. The Morgan fingerprint density at radius 2 is 1.82 bits per heavy atom. The minimum absolute atomic E-state index is 0.432. The van der Waals surface area contributed by atoms with E-state index in [1.165, 1.54) is 0 Å². The first-order chi connectivity index (χ1) is 14.8. The number of hydrogen-bond donors (Lipinski definition) is 7. The van der Waals surface area contributed by atoms with Gasteiger partial charge in [0.2, 0.25) is 5.60 Å². The van der Waals surface area contributed by atoms with Gasteiger partial charge in [0.15, 0.2) is 12.3 Å². The molecule has 6 atom stereocenters. The standard InChI is InChI=1S/C12H16FN2O15P3/c1-2-4-11(19)8(17)12(13,28-9(11)15-5-3-7(16)14-10(15)18)6-27-32(23,24)30-33(25,26)29-31(20,21)22/h3,5,8-9,17,19H,6H2,1H3,(H,23,24)(H,25,26)(H,14,16,18)(H2,20,21,22)/t8-,9+,11+,12+/m0/s1. The van der Waals surface area contributed by atoms with Gasteiger partial charge >= 0.3 is 29.2 Å². The van der Waals surface area contributed by atoms with Crippen molar-refractivity contribution in [2.75, 3.05) is 6.61 Å². The fraction of sp³-hybridized carbons (Fsp3) is 0.500. The lowest BCUT2D eigenvalue weighted by Gasteiger charge is -2.27. The topological polar surface area (TPSA) is 264 Å². The van der Waals surface area contributed by atoms with Crippen LogP contribution in [0.2, 0.25) is 0 Å². The van der Waals surface area contributed by atoms with Gasteiger partial charge in [0.05, 0.1) is 0 Å².